The Hall–Kier alpha value is -4.93. The SMILES string of the molecule is C1=CC2=C(CC1)CCC(C1N=C(c3cccc(-n4c5c(c6c7c(ccc64)CCCC7)=C4C=CCCC4CC=5)c3)NC(c3ccc4ccccc4c3)N1)C2. The monoisotopic (exact) mass is 692 g/mol. The Morgan fingerprint density at radius 2 is 1.70 bits per heavy atom. The van der Waals surface area contributed by atoms with Crippen molar-refractivity contribution in [3.8, 4) is 5.69 Å². The maximum atomic E-state index is 5.55. The molecule has 0 fully saturated rings. The van der Waals surface area contributed by atoms with Crippen molar-refractivity contribution >= 4 is 39.2 Å². The van der Waals surface area contributed by atoms with Gasteiger partial charge in [0, 0.05) is 21.9 Å². The summed E-state index contributed by atoms with van der Waals surface area (Å²) >= 11 is 0. The van der Waals surface area contributed by atoms with Crippen LogP contribution in [-0.4, -0.2) is 16.6 Å². The predicted octanol–water partition coefficient (Wildman–Crippen LogP) is 9.37. The quantitative estimate of drug-likeness (QED) is 0.197. The molecule has 4 heteroatoms. The van der Waals surface area contributed by atoms with Gasteiger partial charge >= 0.3 is 0 Å². The third-order valence-corrected chi connectivity index (χ3v) is 13.3. The van der Waals surface area contributed by atoms with Crippen LogP contribution < -0.4 is 21.2 Å². The first-order valence-corrected chi connectivity index (χ1v) is 20.4. The highest BCUT2D eigenvalue weighted by Crippen LogP contribution is 2.39. The second-order valence-electron chi connectivity index (χ2n) is 16.4. The van der Waals surface area contributed by atoms with E-state index in [1.807, 2.05) is 0 Å². The van der Waals surface area contributed by atoms with Gasteiger partial charge < -0.3 is 9.88 Å². The Kier molecular flexibility index (Phi) is 7.68. The van der Waals surface area contributed by atoms with E-state index in [1.165, 1.54) is 108 Å². The molecule has 264 valence electrons. The van der Waals surface area contributed by atoms with Crippen molar-refractivity contribution in [1.29, 1.82) is 0 Å². The maximum absolute atomic E-state index is 5.55. The Labute approximate surface area is 312 Å². The molecule has 4 nitrogen and oxygen atoms in total. The molecule has 5 aliphatic carbocycles. The molecule has 4 unspecified atom stereocenters. The van der Waals surface area contributed by atoms with Gasteiger partial charge in [0.05, 0.1) is 10.9 Å². The van der Waals surface area contributed by atoms with Crippen LogP contribution in [0.2, 0.25) is 0 Å². The van der Waals surface area contributed by atoms with Crippen LogP contribution in [-0.2, 0) is 12.8 Å². The van der Waals surface area contributed by atoms with Crippen molar-refractivity contribution in [1.82, 2.24) is 15.2 Å². The van der Waals surface area contributed by atoms with Crippen LogP contribution in [0.25, 0.3) is 39.0 Å². The van der Waals surface area contributed by atoms with Gasteiger partial charge in [-0.25, -0.2) is 4.99 Å². The van der Waals surface area contributed by atoms with Gasteiger partial charge in [0.25, 0.3) is 0 Å². The summed E-state index contributed by atoms with van der Waals surface area (Å²) in [5.74, 6) is 2.07. The van der Waals surface area contributed by atoms with E-state index < -0.39 is 0 Å². The lowest BCUT2D eigenvalue weighted by Gasteiger charge is -2.38. The van der Waals surface area contributed by atoms with Crippen LogP contribution in [0.15, 0.2) is 119 Å². The summed E-state index contributed by atoms with van der Waals surface area (Å²) < 4.78 is 2.58. The molecule has 53 heavy (non-hydrogen) atoms. The summed E-state index contributed by atoms with van der Waals surface area (Å²) in [4.78, 5) is 5.55. The van der Waals surface area contributed by atoms with Gasteiger partial charge in [0.2, 0.25) is 0 Å². The van der Waals surface area contributed by atoms with E-state index in [9.17, 15) is 0 Å². The first kappa shape index (κ1) is 31.6. The predicted molar refractivity (Wildman–Crippen MR) is 220 cm³/mol. The zero-order chi connectivity index (χ0) is 34.9. The van der Waals surface area contributed by atoms with Gasteiger partial charge in [0.1, 0.15) is 18.2 Å². The van der Waals surface area contributed by atoms with Gasteiger partial charge in [-0.3, -0.25) is 5.32 Å². The molecule has 2 N–H and O–H groups in total. The Bertz CT molecular complexity index is 2560. The molecular weight excluding hydrogens is 645 g/mol. The van der Waals surface area contributed by atoms with Crippen LogP contribution >= 0.6 is 0 Å². The lowest BCUT2D eigenvalue weighted by molar-refractivity contribution is 0.279. The second-order valence-corrected chi connectivity index (χ2v) is 16.4. The van der Waals surface area contributed by atoms with Crippen molar-refractivity contribution in [2.45, 2.75) is 89.4 Å². The van der Waals surface area contributed by atoms with Crippen LogP contribution in [0.4, 0.5) is 0 Å². The third-order valence-electron chi connectivity index (χ3n) is 13.3. The third kappa shape index (κ3) is 5.40. The van der Waals surface area contributed by atoms with Crippen LogP contribution in [0.3, 0.4) is 0 Å². The van der Waals surface area contributed by atoms with E-state index in [0.717, 1.165) is 24.2 Å². The first-order valence-electron chi connectivity index (χ1n) is 20.4. The minimum atomic E-state index is -0.0375. The number of aryl methyl sites for hydroxylation is 2. The fraction of sp³-hybridized carbons (Fsp3) is 0.327. The number of aliphatic imine (C=N–C) groups is 1. The van der Waals surface area contributed by atoms with E-state index in [-0.39, 0.29) is 12.3 Å². The van der Waals surface area contributed by atoms with E-state index >= 15 is 0 Å². The molecule has 0 bridgehead atoms. The minimum Gasteiger partial charge on any atom is -0.350 e. The Balaban J connectivity index is 1.04. The highest BCUT2D eigenvalue weighted by molar-refractivity contribution is 6.00. The lowest BCUT2D eigenvalue weighted by Crippen LogP contribution is -2.51. The smallest absolute Gasteiger partial charge is 0.131 e. The molecule has 4 aromatic carbocycles. The number of benzene rings is 4. The number of amidine groups is 1. The summed E-state index contributed by atoms with van der Waals surface area (Å²) in [6.45, 7) is 0. The van der Waals surface area contributed by atoms with E-state index in [1.54, 1.807) is 27.8 Å². The van der Waals surface area contributed by atoms with Gasteiger partial charge in [-0.05, 0) is 152 Å². The number of hydrogen-bond donors (Lipinski definition) is 2. The summed E-state index contributed by atoms with van der Waals surface area (Å²) in [5, 5.41) is 14.9. The molecule has 0 spiro atoms. The summed E-state index contributed by atoms with van der Waals surface area (Å²) in [6, 6.07) is 29.7. The molecule has 11 rings (SSSR count). The second kappa shape index (κ2) is 12.9. The van der Waals surface area contributed by atoms with Crippen molar-refractivity contribution in [2.75, 3.05) is 0 Å². The minimum absolute atomic E-state index is 0.0298. The molecule has 5 aromatic rings. The standard InChI is InChI=1S/C49H48N4/c1-3-14-35-28-38(22-20-31(35)10-1)48-50-47(51-49(52-48)39-23-21-32-11-2-4-15-36(32)29-39)37-16-9-17-40(30-37)53-43-26-24-33-12-5-7-18-41(33)45(43)46-42-19-8-6-13-34(42)25-27-44(46)53/h1,3-4,7,9-10,14-18,20,22,25-28,30,33,39,48-49,52H,2,5-6,8,11-13,19,21,23-24,29H2,(H,50,51). The van der Waals surface area contributed by atoms with Gasteiger partial charge in [-0.1, -0.05) is 90.6 Å². The van der Waals surface area contributed by atoms with Crippen molar-refractivity contribution in [3.05, 3.63) is 147 Å². The largest absolute Gasteiger partial charge is 0.350 e. The molecule has 1 aliphatic heterocycles. The number of rotatable bonds is 4. The highest BCUT2D eigenvalue weighted by atomic mass is 15.3. The number of hydrogen-bond acceptors (Lipinski definition) is 3. The molecule has 0 radical (unpaired) electrons. The van der Waals surface area contributed by atoms with E-state index in [0.29, 0.717) is 11.8 Å². The summed E-state index contributed by atoms with van der Waals surface area (Å²) in [7, 11) is 0. The molecular formula is C49H48N4. The van der Waals surface area contributed by atoms with E-state index in [4.69, 9.17) is 4.99 Å². The number of fused-ring (bicyclic) bond motifs is 7. The summed E-state index contributed by atoms with van der Waals surface area (Å²) in [5.41, 5.74) is 13.0. The fourth-order valence-electron chi connectivity index (χ4n) is 10.6. The normalized spacial score (nSPS) is 24.9. The van der Waals surface area contributed by atoms with Crippen molar-refractivity contribution < 1.29 is 0 Å². The number of allylic oxidation sites excluding steroid dienone is 6. The first-order chi connectivity index (χ1) is 26.2. The van der Waals surface area contributed by atoms with Crippen LogP contribution in [0, 0.1) is 11.8 Å². The number of nitrogens with zero attached hydrogens (tertiary/aromatic N) is 2. The van der Waals surface area contributed by atoms with Crippen molar-refractivity contribution in [3.63, 3.8) is 0 Å². The van der Waals surface area contributed by atoms with Gasteiger partial charge in [-0.2, -0.15) is 0 Å². The zero-order valence-corrected chi connectivity index (χ0v) is 30.6. The molecule has 1 aromatic heterocycles. The fourth-order valence-corrected chi connectivity index (χ4v) is 10.6. The highest BCUT2D eigenvalue weighted by Gasteiger charge is 2.33. The molecule has 4 atom stereocenters. The van der Waals surface area contributed by atoms with Crippen LogP contribution in [0.5, 0.6) is 0 Å². The lowest BCUT2D eigenvalue weighted by atomic mass is 9.78. The maximum Gasteiger partial charge on any atom is 0.131 e. The molecule has 2 heterocycles. The number of aromatic nitrogens is 1. The topological polar surface area (TPSA) is 41.4 Å². The Morgan fingerprint density at radius 3 is 2.68 bits per heavy atom. The average Bonchev–Trinajstić information content (AvgIpc) is 3.59. The van der Waals surface area contributed by atoms with Crippen molar-refractivity contribution in [2.24, 2.45) is 16.8 Å². The zero-order valence-electron chi connectivity index (χ0n) is 30.6. The Morgan fingerprint density at radius 1 is 0.774 bits per heavy atom. The van der Waals surface area contributed by atoms with Gasteiger partial charge in [-0.15, -0.1) is 0 Å². The molecule has 6 aliphatic rings. The number of nitrogens with one attached hydrogen (secondary N) is 2. The average molecular weight is 693 g/mol. The van der Waals surface area contributed by atoms with E-state index in [2.05, 4.69) is 124 Å². The van der Waals surface area contributed by atoms with Gasteiger partial charge in [0.15, 0.2) is 0 Å². The molecule has 0 amide bonds. The summed E-state index contributed by atoms with van der Waals surface area (Å²) in [6.07, 6.45) is 26.6. The molecule has 0 saturated heterocycles. The molecule has 0 saturated carbocycles. The van der Waals surface area contributed by atoms with Crippen LogP contribution in [0.1, 0.15) is 92.6 Å².